The Hall–Kier alpha value is -4.09. The Morgan fingerprint density at radius 1 is 1.00 bits per heavy atom. The number of piperazine rings is 1. The van der Waals surface area contributed by atoms with E-state index in [-0.39, 0.29) is 54.5 Å². The first kappa shape index (κ1) is 22.6. The van der Waals surface area contributed by atoms with Crippen LogP contribution in [0.25, 0.3) is 0 Å². The van der Waals surface area contributed by atoms with Crippen molar-refractivity contribution in [2.45, 2.75) is 6.92 Å². The van der Waals surface area contributed by atoms with Crippen molar-refractivity contribution >= 4 is 34.5 Å². The van der Waals surface area contributed by atoms with Crippen molar-refractivity contribution in [3.8, 4) is 0 Å². The van der Waals surface area contributed by atoms with Crippen LogP contribution >= 0.6 is 0 Å². The van der Waals surface area contributed by atoms with E-state index >= 15 is 0 Å². The van der Waals surface area contributed by atoms with Crippen LogP contribution in [0.15, 0.2) is 30.3 Å². The molecule has 12 heteroatoms. The maximum atomic E-state index is 14.5. The molecule has 3 rings (SSSR count). The monoisotopic (exact) mass is 446 g/mol. The normalized spacial score (nSPS) is 13.6. The second kappa shape index (κ2) is 8.96. The third kappa shape index (κ3) is 4.33. The molecule has 2 aromatic rings. The number of nitro benzene ring substituents is 2. The molecule has 1 heterocycles. The average molecular weight is 446 g/mol. The Bertz CT molecular complexity index is 1110. The number of ketones is 1. The number of esters is 1. The average Bonchev–Trinajstić information content (AvgIpc) is 2.77. The van der Waals surface area contributed by atoms with Gasteiger partial charge in [-0.05, 0) is 25.1 Å². The maximum Gasteiger partial charge on any atom is 0.340 e. The van der Waals surface area contributed by atoms with Crippen LogP contribution in [0.2, 0.25) is 0 Å². The number of rotatable bonds is 6. The molecule has 0 atom stereocenters. The molecule has 0 unspecified atom stereocenters. The third-order valence-corrected chi connectivity index (χ3v) is 5.18. The van der Waals surface area contributed by atoms with Gasteiger partial charge in [-0.1, -0.05) is 0 Å². The molecule has 32 heavy (non-hydrogen) atoms. The molecule has 2 aromatic carbocycles. The van der Waals surface area contributed by atoms with Crippen LogP contribution in [0, 0.1) is 26.0 Å². The lowest BCUT2D eigenvalue weighted by Crippen LogP contribution is -2.47. The molecule has 0 saturated carbocycles. The lowest BCUT2D eigenvalue weighted by Gasteiger charge is -2.37. The number of carbonyl (C=O) groups excluding carboxylic acids is 2. The Morgan fingerprint density at radius 2 is 1.62 bits per heavy atom. The number of Topliss-reactive ketones (excluding diaryl/α,β-unsaturated/α-hetero) is 1. The van der Waals surface area contributed by atoms with Gasteiger partial charge in [0.15, 0.2) is 5.78 Å². The van der Waals surface area contributed by atoms with Gasteiger partial charge in [-0.25, -0.2) is 9.18 Å². The minimum Gasteiger partial charge on any atom is -0.465 e. The van der Waals surface area contributed by atoms with E-state index in [0.717, 1.165) is 25.3 Å². The standard InChI is InChI=1S/C20H19FN4O7/c1-12(26)13-3-4-17(16(21)9-13)22-5-7-23(8-6-22)19-15(20(27)32-2)10-14(24(28)29)11-18(19)25(30)31/h3-4,9-11H,5-8H2,1-2H3. The zero-order valence-electron chi connectivity index (χ0n) is 17.2. The third-order valence-electron chi connectivity index (χ3n) is 5.18. The Morgan fingerprint density at radius 3 is 2.12 bits per heavy atom. The number of carbonyl (C=O) groups is 2. The van der Waals surface area contributed by atoms with Gasteiger partial charge in [0.05, 0.1) is 34.3 Å². The minimum absolute atomic E-state index is 0.0838. The van der Waals surface area contributed by atoms with E-state index in [2.05, 4.69) is 4.74 Å². The molecule has 0 bridgehead atoms. The number of hydrogen-bond acceptors (Lipinski definition) is 9. The minimum atomic E-state index is -0.944. The summed E-state index contributed by atoms with van der Waals surface area (Å²) in [6.07, 6.45) is 0. The highest BCUT2D eigenvalue weighted by Gasteiger charge is 2.33. The number of anilines is 2. The number of ether oxygens (including phenoxy) is 1. The molecule has 0 N–H and O–H groups in total. The van der Waals surface area contributed by atoms with Gasteiger partial charge in [-0.3, -0.25) is 25.0 Å². The molecule has 168 valence electrons. The molecular weight excluding hydrogens is 427 g/mol. The molecule has 0 radical (unpaired) electrons. The number of methoxy groups -OCH3 is 1. The van der Waals surface area contributed by atoms with Crippen LogP contribution < -0.4 is 9.80 Å². The van der Waals surface area contributed by atoms with Crippen LogP contribution in [-0.4, -0.2) is 54.9 Å². The number of hydrogen-bond donors (Lipinski definition) is 0. The highest BCUT2D eigenvalue weighted by molar-refractivity contribution is 5.99. The highest BCUT2D eigenvalue weighted by Crippen LogP contribution is 2.37. The lowest BCUT2D eigenvalue weighted by atomic mass is 10.1. The molecule has 1 fully saturated rings. The Kier molecular flexibility index (Phi) is 6.32. The van der Waals surface area contributed by atoms with Crippen LogP contribution in [0.1, 0.15) is 27.6 Å². The van der Waals surface area contributed by atoms with Crippen molar-refractivity contribution in [2.75, 3.05) is 43.1 Å². The zero-order chi connectivity index (χ0) is 23.6. The predicted octanol–water partition coefficient (Wildman–Crippen LogP) is 2.96. The molecule has 1 saturated heterocycles. The topological polar surface area (TPSA) is 136 Å². The van der Waals surface area contributed by atoms with E-state index < -0.39 is 33.0 Å². The number of halogens is 1. The van der Waals surface area contributed by atoms with E-state index in [9.17, 15) is 34.2 Å². The maximum absolute atomic E-state index is 14.5. The van der Waals surface area contributed by atoms with Gasteiger partial charge in [0.1, 0.15) is 11.5 Å². The first-order valence-corrected chi connectivity index (χ1v) is 9.49. The van der Waals surface area contributed by atoms with Crippen molar-refractivity contribution < 1.29 is 28.6 Å². The number of nitro groups is 2. The van der Waals surface area contributed by atoms with Crippen molar-refractivity contribution in [1.29, 1.82) is 0 Å². The quantitative estimate of drug-likeness (QED) is 0.284. The summed E-state index contributed by atoms with van der Waals surface area (Å²) in [5.74, 6) is -1.77. The second-order valence-electron chi connectivity index (χ2n) is 7.06. The van der Waals surface area contributed by atoms with Gasteiger partial charge in [0, 0.05) is 37.8 Å². The van der Waals surface area contributed by atoms with Crippen molar-refractivity contribution in [2.24, 2.45) is 0 Å². The van der Waals surface area contributed by atoms with E-state index in [4.69, 9.17) is 0 Å². The zero-order valence-corrected chi connectivity index (χ0v) is 17.2. The van der Waals surface area contributed by atoms with Crippen LogP contribution in [-0.2, 0) is 4.74 Å². The molecule has 1 aliphatic heterocycles. The molecule has 1 aliphatic rings. The number of benzene rings is 2. The Balaban J connectivity index is 1.94. The van der Waals surface area contributed by atoms with E-state index in [0.29, 0.717) is 0 Å². The van der Waals surface area contributed by atoms with E-state index in [1.54, 1.807) is 9.80 Å². The second-order valence-corrected chi connectivity index (χ2v) is 7.06. The van der Waals surface area contributed by atoms with Crippen molar-refractivity contribution in [3.63, 3.8) is 0 Å². The lowest BCUT2D eigenvalue weighted by molar-refractivity contribution is -0.393. The van der Waals surface area contributed by atoms with Gasteiger partial charge < -0.3 is 14.5 Å². The molecule has 0 aromatic heterocycles. The summed E-state index contributed by atoms with van der Waals surface area (Å²) in [5.41, 5.74) is -1.05. The highest BCUT2D eigenvalue weighted by atomic mass is 19.1. The summed E-state index contributed by atoms with van der Waals surface area (Å²) < 4.78 is 19.2. The summed E-state index contributed by atoms with van der Waals surface area (Å²) in [7, 11) is 1.07. The van der Waals surface area contributed by atoms with Gasteiger partial charge in [-0.15, -0.1) is 0 Å². The fourth-order valence-corrected chi connectivity index (χ4v) is 3.60. The number of nitrogens with zero attached hydrogens (tertiary/aromatic N) is 4. The number of non-ortho nitro benzene ring substituents is 1. The van der Waals surface area contributed by atoms with Crippen LogP contribution in [0.5, 0.6) is 0 Å². The summed E-state index contributed by atoms with van der Waals surface area (Å²) in [4.78, 5) is 48.2. The largest absolute Gasteiger partial charge is 0.465 e. The first-order valence-electron chi connectivity index (χ1n) is 9.49. The fourth-order valence-electron chi connectivity index (χ4n) is 3.60. The molecule has 11 nitrogen and oxygen atoms in total. The molecular formula is C20H19FN4O7. The van der Waals surface area contributed by atoms with Crippen molar-refractivity contribution in [1.82, 2.24) is 0 Å². The summed E-state index contributed by atoms with van der Waals surface area (Å²) >= 11 is 0. The van der Waals surface area contributed by atoms with Gasteiger partial charge in [0.2, 0.25) is 0 Å². The summed E-state index contributed by atoms with van der Waals surface area (Å²) in [6, 6.07) is 5.91. The van der Waals surface area contributed by atoms with Crippen LogP contribution in [0.3, 0.4) is 0 Å². The fraction of sp³-hybridized carbons (Fsp3) is 0.300. The molecule has 0 aliphatic carbocycles. The van der Waals surface area contributed by atoms with E-state index in [1.165, 1.54) is 19.1 Å². The SMILES string of the molecule is COC(=O)c1cc([N+](=O)[O-])cc([N+](=O)[O-])c1N1CCN(c2ccc(C(C)=O)cc2F)CC1. The van der Waals surface area contributed by atoms with Gasteiger partial charge in [-0.2, -0.15) is 0 Å². The molecule has 0 spiro atoms. The first-order chi connectivity index (χ1) is 15.1. The predicted molar refractivity (Wildman–Crippen MR) is 112 cm³/mol. The summed E-state index contributed by atoms with van der Waals surface area (Å²) in [6.45, 7) is 2.20. The summed E-state index contributed by atoms with van der Waals surface area (Å²) in [5, 5.41) is 22.8. The smallest absolute Gasteiger partial charge is 0.340 e. The molecule has 0 amide bonds. The van der Waals surface area contributed by atoms with Crippen molar-refractivity contribution in [3.05, 3.63) is 67.5 Å². The van der Waals surface area contributed by atoms with Gasteiger partial charge >= 0.3 is 5.97 Å². The van der Waals surface area contributed by atoms with Gasteiger partial charge in [0.25, 0.3) is 11.4 Å². The van der Waals surface area contributed by atoms with Crippen LogP contribution in [0.4, 0.5) is 27.1 Å². The van der Waals surface area contributed by atoms with E-state index in [1.807, 2.05) is 0 Å². The Labute approximate surface area is 181 Å².